The molecule has 19 heavy (non-hydrogen) atoms. The summed E-state index contributed by atoms with van der Waals surface area (Å²) in [4.78, 5) is 11.5. The Kier molecular flexibility index (Phi) is 3.98. The molecule has 0 N–H and O–H groups in total. The number of ether oxygens (including phenoxy) is 1. The van der Waals surface area contributed by atoms with Gasteiger partial charge in [0.05, 0.1) is 0 Å². The van der Waals surface area contributed by atoms with Gasteiger partial charge in [-0.15, -0.1) is 0 Å². The van der Waals surface area contributed by atoms with Crippen molar-refractivity contribution in [2.24, 2.45) is 0 Å². The molecule has 0 aliphatic heterocycles. The van der Waals surface area contributed by atoms with Crippen LogP contribution in [0.25, 0.3) is 0 Å². The Labute approximate surface area is 116 Å². The van der Waals surface area contributed by atoms with Crippen LogP contribution >= 0.6 is 0 Å². The largest absolute Gasteiger partial charge is 0.490 e. The topological polar surface area (TPSA) is 26.3 Å². The molecule has 0 spiro atoms. The molecule has 0 amide bonds. The van der Waals surface area contributed by atoms with Crippen molar-refractivity contribution < 1.29 is 9.53 Å². The summed E-state index contributed by atoms with van der Waals surface area (Å²) in [6.07, 6.45) is 3.32. The van der Waals surface area contributed by atoms with Crippen LogP contribution in [0.4, 0.5) is 0 Å². The van der Waals surface area contributed by atoms with E-state index in [1.165, 1.54) is 5.56 Å². The summed E-state index contributed by atoms with van der Waals surface area (Å²) in [5, 5.41) is 0. The van der Waals surface area contributed by atoms with Gasteiger partial charge in [-0.05, 0) is 42.4 Å². The van der Waals surface area contributed by atoms with Gasteiger partial charge < -0.3 is 4.74 Å². The van der Waals surface area contributed by atoms with Crippen LogP contribution in [0.5, 0.6) is 5.75 Å². The molecule has 1 unspecified atom stereocenters. The van der Waals surface area contributed by atoms with E-state index in [-0.39, 0.29) is 11.5 Å². The molecule has 0 aromatic heterocycles. The van der Waals surface area contributed by atoms with Gasteiger partial charge in [0, 0.05) is 12.8 Å². The standard InChI is InChI=1S/C17H24O2/c1-12-10-13(17(2,3)4)8-9-16(12)19-15-7-5-6-14(18)11-15/h8-10,15H,5-7,11H2,1-4H3. The Morgan fingerprint density at radius 1 is 1.26 bits per heavy atom. The maximum atomic E-state index is 11.5. The lowest BCUT2D eigenvalue weighted by Crippen LogP contribution is -2.25. The highest BCUT2D eigenvalue weighted by Gasteiger charge is 2.22. The summed E-state index contributed by atoms with van der Waals surface area (Å²) in [7, 11) is 0. The molecule has 1 aliphatic rings. The van der Waals surface area contributed by atoms with E-state index in [0.29, 0.717) is 12.2 Å². The van der Waals surface area contributed by atoms with Crippen LogP contribution in [0.2, 0.25) is 0 Å². The normalized spacial score (nSPS) is 20.4. The van der Waals surface area contributed by atoms with E-state index < -0.39 is 0 Å². The van der Waals surface area contributed by atoms with E-state index in [9.17, 15) is 4.79 Å². The lowest BCUT2D eigenvalue weighted by atomic mass is 9.86. The van der Waals surface area contributed by atoms with Gasteiger partial charge in [-0.25, -0.2) is 0 Å². The molecule has 2 heteroatoms. The van der Waals surface area contributed by atoms with Gasteiger partial charge in [0.25, 0.3) is 0 Å². The lowest BCUT2D eigenvalue weighted by Gasteiger charge is -2.25. The fourth-order valence-electron chi connectivity index (χ4n) is 2.51. The molecule has 2 rings (SSSR count). The molecule has 1 aliphatic carbocycles. The van der Waals surface area contributed by atoms with E-state index in [2.05, 4.69) is 45.9 Å². The van der Waals surface area contributed by atoms with Crippen molar-refractivity contribution >= 4 is 5.78 Å². The summed E-state index contributed by atoms with van der Waals surface area (Å²) in [6, 6.07) is 6.38. The van der Waals surface area contributed by atoms with Gasteiger partial charge in [-0.2, -0.15) is 0 Å². The third kappa shape index (κ3) is 3.59. The first-order valence-corrected chi connectivity index (χ1v) is 7.16. The number of Topliss-reactive ketones (excluding diaryl/α,β-unsaturated/α-hetero) is 1. The van der Waals surface area contributed by atoms with Crippen molar-refractivity contribution in [2.75, 3.05) is 0 Å². The number of aryl methyl sites for hydroxylation is 1. The van der Waals surface area contributed by atoms with Crippen molar-refractivity contribution in [3.8, 4) is 5.75 Å². The Hall–Kier alpha value is -1.31. The van der Waals surface area contributed by atoms with Gasteiger partial charge in [0.2, 0.25) is 0 Å². The lowest BCUT2D eigenvalue weighted by molar-refractivity contribution is -0.122. The van der Waals surface area contributed by atoms with Crippen LogP contribution < -0.4 is 4.74 Å². The van der Waals surface area contributed by atoms with Crippen LogP contribution in [0.3, 0.4) is 0 Å². The number of ketones is 1. The third-order valence-corrected chi connectivity index (χ3v) is 3.77. The summed E-state index contributed by atoms with van der Waals surface area (Å²) in [6.45, 7) is 8.71. The zero-order chi connectivity index (χ0) is 14.0. The monoisotopic (exact) mass is 260 g/mol. The molecule has 0 heterocycles. The van der Waals surface area contributed by atoms with Crippen molar-refractivity contribution in [3.05, 3.63) is 29.3 Å². The Bertz CT molecular complexity index is 469. The van der Waals surface area contributed by atoms with Gasteiger partial charge in [0.15, 0.2) is 0 Å². The maximum Gasteiger partial charge on any atom is 0.136 e. The van der Waals surface area contributed by atoms with Crippen molar-refractivity contribution in [1.29, 1.82) is 0 Å². The van der Waals surface area contributed by atoms with E-state index in [1.807, 2.05) is 0 Å². The highest BCUT2D eigenvalue weighted by atomic mass is 16.5. The number of benzene rings is 1. The van der Waals surface area contributed by atoms with E-state index in [0.717, 1.165) is 30.6 Å². The highest BCUT2D eigenvalue weighted by molar-refractivity contribution is 5.79. The average molecular weight is 260 g/mol. The second kappa shape index (κ2) is 5.36. The molecule has 1 atom stereocenters. The number of rotatable bonds is 2. The Morgan fingerprint density at radius 2 is 2.00 bits per heavy atom. The van der Waals surface area contributed by atoms with Crippen molar-refractivity contribution in [2.45, 2.75) is 64.9 Å². The smallest absolute Gasteiger partial charge is 0.136 e. The third-order valence-electron chi connectivity index (χ3n) is 3.77. The van der Waals surface area contributed by atoms with Gasteiger partial charge >= 0.3 is 0 Å². The predicted octanol–water partition coefficient (Wildman–Crippen LogP) is 4.18. The molecule has 1 aromatic rings. The predicted molar refractivity (Wildman–Crippen MR) is 77.8 cm³/mol. The molecule has 1 aromatic carbocycles. The summed E-state index contributed by atoms with van der Waals surface area (Å²) < 4.78 is 6.00. The Morgan fingerprint density at radius 3 is 2.58 bits per heavy atom. The minimum absolute atomic E-state index is 0.0698. The molecule has 2 nitrogen and oxygen atoms in total. The molecule has 0 saturated heterocycles. The quantitative estimate of drug-likeness (QED) is 0.797. The SMILES string of the molecule is Cc1cc(C(C)(C)C)ccc1OC1CCCC(=O)C1. The number of hydrogen-bond donors (Lipinski definition) is 0. The van der Waals surface area contributed by atoms with E-state index in [1.54, 1.807) is 0 Å². The van der Waals surface area contributed by atoms with Crippen LogP contribution in [-0.2, 0) is 10.2 Å². The first kappa shape index (κ1) is 14.1. The summed E-state index contributed by atoms with van der Waals surface area (Å²) >= 11 is 0. The number of carbonyl (C=O) groups is 1. The van der Waals surface area contributed by atoms with Crippen LogP contribution in [0.1, 0.15) is 57.6 Å². The zero-order valence-electron chi connectivity index (χ0n) is 12.5. The fraction of sp³-hybridized carbons (Fsp3) is 0.588. The first-order valence-electron chi connectivity index (χ1n) is 7.16. The number of carbonyl (C=O) groups excluding carboxylic acids is 1. The minimum Gasteiger partial charge on any atom is -0.490 e. The highest BCUT2D eigenvalue weighted by Crippen LogP contribution is 2.29. The van der Waals surface area contributed by atoms with Gasteiger partial charge in [-0.1, -0.05) is 32.9 Å². The van der Waals surface area contributed by atoms with Crippen LogP contribution in [-0.4, -0.2) is 11.9 Å². The second-order valence-electron chi connectivity index (χ2n) is 6.61. The molecule has 0 bridgehead atoms. The molecule has 1 fully saturated rings. The summed E-state index contributed by atoms with van der Waals surface area (Å²) in [5.41, 5.74) is 2.63. The van der Waals surface area contributed by atoms with Crippen molar-refractivity contribution in [1.82, 2.24) is 0 Å². The molecule has 1 saturated carbocycles. The minimum atomic E-state index is 0.0698. The van der Waals surface area contributed by atoms with E-state index in [4.69, 9.17) is 4.74 Å². The maximum absolute atomic E-state index is 11.5. The fourth-order valence-corrected chi connectivity index (χ4v) is 2.51. The molecular weight excluding hydrogens is 236 g/mol. The average Bonchev–Trinajstić information content (AvgIpc) is 2.30. The Balaban J connectivity index is 2.11. The number of hydrogen-bond acceptors (Lipinski definition) is 2. The van der Waals surface area contributed by atoms with Gasteiger partial charge in [0.1, 0.15) is 17.6 Å². The molecule has 0 radical (unpaired) electrons. The van der Waals surface area contributed by atoms with Crippen LogP contribution in [0.15, 0.2) is 18.2 Å². The first-order chi connectivity index (χ1) is 8.86. The second-order valence-corrected chi connectivity index (χ2v) is 6.61. The molecular formula is C17H24O2. The van der Waals surface area contributed by atoms with E-state index >= 15 is 0 Å². The van der Waals surface area contributed by atoms with Gasteiger partial charge in [-0.3, -0.25) is 4.79 Å². The van der Waals surface area contributed by atoms with Crippen molar-refractivity contribution in [3.63, 3.8) is 0 Å². The molecule has 104 valence electrons. The van der Waals surface area contributed by atoms with Crippen LogP contribution in [0, 0.1) is 6.92 Å². The summed E-state index contributed by atoms with van der Waals surface area (Å²) in [5.74, 6) is 1.26. The zero-order valence-corrected chi connectivity index (χ0v) is 12.5.